The van der Waals surface area contributed by atoms with Crippen molar-refractivity contribution in [2.24, 2.45) is 0 Å². The molecule has 0 saturated heterocycles. The second kappa shape index (κ2) is 24.2. The van der Waals surface area contributed by atoms with Crippen LogP contribution < -0.4 is 0 Å². The van der Waals surface area contributed by atoms with Gasteiger partial charge in [-0.1, -0.05) is 20.1 Å². The van der Waals surface area contributed by atoms with Gasteiger partial charge in [0.25, 0.3) is 15.0 Å². The molecule has 0 atom stereocenters. The molecule has 0 aromatic rings. The molecule has 8 heavy (non-hydrogen) atoms. The van der Waals surface area contributed by atoms with Gasteiger partial charge >= 0.3 is 0 Å². The van der Waals surface area contributed by atoms with Gasteiger partial charge in [0, 0.05) is 32.7 Å². The summed E-state index contributed by atoms with van der Waals surface area (Å²) in [5.74, 6) is 0. The van der Waals surface area contributed by atoms with Crippen molar-refractivity contribution in [3.8, 4) is 0 Å². The first-order valence-corrected chi connectivity index (χ1v) is 2.21. The van der Waals surface area contributed by atoms with E-state index in [1.54, 1.807) is 6.82 Å². The van der Waals surface area contributed by atoms with Crippen LogP contribution in [0.5, 0.6) is 0 Å². The van der Waals surface area contributed by atoms with Crippen molar-refractivity contribution in [2.45, 2.75) is 20.1 Å². The Morgan fingerprint density at radius 1 is 1.38 bits per heavy atom. The van der Waals surface area contributed by atoms with Gasteiger partial charge in [-0.2, -0.15) is 0 Å². The Hall–Kier alpha value is 1.15. The van der Waals surface area contributed by atoms with E-state index in [0.29, 0.717) is 0 Å². The Morgan fingerprint density at radius 2 is 1.50 bits per heavy atom. The summed E-state index contributed by atoms with van der Waals surface area (Å²) in [5, 5.41) is 15.2. The predicted molar refractivity (Wildman–Crippen MR) is 32.3 cm³/mol. The summed E-state index contributed by atoms with van der Waals surface area (Å²) in [6, 6.07) is 0. The van der Waals surface area contributed by atoms with Gasteiger partial charge < -0.3 is 10.0 Å². The minimum absolute atomic E-state index is 0. The minimum atomic E-state index is 0. The van der Waals surface area contributed by atoms with Crippen LogP contribution in [0, 0.1) is 0 Å². The van der Waals surface area contributed by atoms with Gasteiger partial charge in [-0.25, -0.2) is 0 Å². The molecule has 0 aliphatic rings. The van der Waals surface area contributed by atoms with Crippen molar-refractivity contribution in [2.75, 3.05) is 0 Å². The van der Waals surface area contributed by atoms with E-state index >= 15 is 0 Å². The molecule has 3 radical (unpaired) electrons. The fourth-order valence-corrected chi connectivity index (χ4v) is 0. The zero-order valence-electron chi connectivity index (χ0n) is 5.33. The second-order valence-electron chi connectivity index (χ2n) is 0.849. The van der Waals surface area contributed by atoms with Gasteiger partial charge in [0.15, 0.2) is 0 Å². The Labute approximate surface area is 77.5 Å². The van der Waals surface area contributed by atoms with Crippen molar-refractivity contribution in [3.05, 3.63) is 0 Å². The van der Waals surface area contributed by atoms with E-state index in [9.17, 15) is 0 Å². The van der Waals surface area contributed by atoms with E-state index in [1.807, 2.05) is 6.92 Å². The third-order valence-corrected chi connectivity index (χ3v) is 0.183. The van der Waals surface area contributed by atoms with E-state index in [1.165, 1.54) is 0 Å². The van der Waals surface area contributed by atoms with Crippen molar-refractivity contribution >= 4 is 15.0 Å². The maximum absolute atomic E-state index is 7.75. The van der Waals surface area contributed by atoms with Crippen molar-refractivity contribution < 1.29 is 42.8 Å². The fraction of sp³-hybridized carbons (Fsp3) is 1.00. The summed E-state index contributed by atoms with van der Waals surface area (Å²) in [6.45, 7) is 3.43. The monoisotopic (exact) mass is 189 g/mol. The van der Waals surface area contributed by atoms with Gasteiger partial charge in [0.05, 0.1) is 0 Å². The van der Waals surface area contributed by atoms with Crippen molar-refractivity contribution in [1.82, 2.24) is 0 Å². The van der Waals surface area contributed by atoms with Gasteiger partial charge in [-0.15, -0.1) is 0 Å². The molecule has 2 N–H and O–H groups in total. The van der Waals surface area contributed by atoms with Crippen molar-refractivity contribution in [1.29, 1.82) is 0 Å². The van der Waals surface area contributed by atoms with Crippen LogP contribution in [-0.2, 0) is 32.7 Å². The molecule has 0 aromatic carbocycles. The second-order valence-corrected chi connectivity index (χ2v) is 0.849. The SMILES string of the molecule is CC[B]O.C[B]O.[Y]. The Kier molecular flexibility index (Phi) is 48.6. The maximum atomic E-state index is 7.75. The van der Waals surface area contributed by atoms with E-state index in [4.69, 9.17) is 10.0 Å². The molecule has 43 valence electrons. The normalized spacial score (nSPS) is 5.00. The summed E-state index contributed by atoms with van der Waals surface area (Å²) in [6.07, 6.45) is 0.750. The van der Waals surface area contributed by atoms with Gasteiger partial charge in [0.2, 0.25) is 0 Å². The molecular weight excluding hydrogens is 179 g/mol. The quantitative estimate of drug-likeness (QED) is 0.554. The molecule has 2 nitrogen and oxygen atoms in total. The van der Waals surface area contributed by atoms with Crippen LogP contribution in [0.2, 0.25) is 13.1 Å². The molecule has 0 fully saturated rings. The van der Waals surface area contributed by atoms with Crippen LogP contribution in [0.25, 0.3) is 0 Å². The largest absolute Gasteiger partial charge is 0.455 e. The zero-order valence-corrected chi connectivity index (χ0v) is 8.17. The minimum Gasteiger partial charge on any atom is -0.455 e. The van der Waals surface area contributed by atoms with E-state index in [-0.39, 0.29) is 32.7 Å². The summed E-state index contributed by atoms with van der Waals surface area (Å²) >= 11 is 0. The standard InChI is InChI=1S/C2H6BO.CH4BO.Y/c1-2-3-4;1-2-3;/h4H,2H2,1H3;3H,1H3;. The molecule has 0 rings (SSSR count). The first-order chi connectivity index (χ1) is 3.33. The first kappa shape index (κ1) is 16.1. The molecule has 0 spiro atoms. The summed E-state index contributed by atoms with van der Waals surface area (Å²) in [4.78, 5) is 0. The summed E-state index contributed by atoms with van der Waals surface area (Å²) in [5.41, 5.74) is 0. The first-order valence-electron chi connectivity index (χ1n) is 2.21. The number of hydrogen-bond donors (Lipinski definition) is 2. The Morgan fingerprint density at radius 3 is 1.50 bits per heavy atom. The third-order valence-electron chi connectivity index (χ3n) is 0.183. The topological polar surface area (TPSA) is 40.5 Å². The smallest absolute Gasteiger partial charge is 0.287 e. The predicted octanol–water partition coefficient (Wildman–Crippen LogP) is -0.320. The molecule has 5 heteroatoms. The summed E-state index contributed by atoms with van der Waals surface area (Å²) in [7, 11) is 2.12. The maximum Gasteiger partial charge on any atom is 0.287 e. The molecule has 0 aliphatic heterocycles. The Balaban J connectivity index is -0.0000000575. The van der Waals surface area contributed by atoms with Crippen LogP contribution in [0.15, 0.2) is 0 Å². The fourth-order valence-electron chi connectivity index (χ4n) is 0. The molecule has 0 unspecified atom stereocenters. The average molecular weight is 189 g/mol. The van der Waals surface area contributed by atoms with Crippen molar-refractivity contribution in [3.63, 3.8) is 0 Å². The molecule has 0 saturated carbocycles. The number of hydrogen-bond acceptors (Lipinski definition) is 2. The van der Waals surface area contributed by atoms with Gasteiger partial charge in [-0.3, -0.25) is 0 Å². The molecule has 0 aliphatic carbocycles. The van der Waals surface area contributed by atoms with Crippen LogP contribution in [0.4, 0.5) is 0 Å². The van der Waals surface area contributed by atoms with Crippen LogP contribution in [0.3, 0.4) is 0 Å². The van der Waals surface area contributed by atoms with E-state index in [2.05, 4.69) is 0 Å². The zero-order chi connectivity index (χ0) is 6.12. The molecule has 0 heterocycles. The molecule has 0 bridgehead atoms. The number of rotatable bonds is 1. The van der Waals surface area contributed by atoms with E-state index in [0.717, 1.165) is 21.3 Å². The van der Waals surface area contributed by atoms with E-state index < -0.39 is 0 Å². The summed E-state index contributed by atoms with van der Waals surface area (Å²) < 4.78 is 0. The molecule has 0 amide bonds. The van der Waals surface area contributed by atoms with Crippen LogP contribution >= 0.6 is 0 Å². The third kappa shape index (κ3) is 58.4. The molecular formula is C3H10B2O2Y. The van der Waals surface area contributed by atoms with Gasteiger partial charge in [-0.05, 0) is 0 Å². The van der Waals surface area contributed by atoms with Gasteiger partial charge in [0.1, 0.15) is 0 Å². The Bertz CT molecular complexity index is 22.8. The van der Waals surface area contributed by atoms with Crippen LogP contribution in [0.1, 0.15) is 6.92 Å². The van der Waals surface area contributed by atoms with Crippen LogP contribution in [-0.4, -0.2) is 25.0 Å². The average Bonchev–Trinajstić information content (AvgIpc) is 1.69. The molecule has 0 aromatic heterocycles.